The Morgan fingerprint density at radius 2 is 2.39 bits per heavy atom. The Hall–Kier alpha value is -1.13. The van der Waals surface area contributed by atoms with Crippen molar-refractivity contribution in [2.24, 2.45) is 5.92 Å². The van der Waals surface area contributed by atoms with Crippen molar-refractivity contribution in [1.29, 1.82) is 0 Å². The molecule has 1 saturated heterocycles. The number of anilines is 1. The summed E-state index contributed by atoms with van der Waals surface area (Å²) in [4.78, 5) is 6.93. The van der Waals surface area contributed by atoms with E-state index in [2.05, 4.69) is 15.2 Å². The van der Waals surface area contributed by atoms with Gasteiger partial charge in [-0.2, -0.15) is 0 Å². The third-order valence-corrected chi connectivity index (χ3v) is 3.44. The summed E-state index contributed by atoms with van der Waals surface area (Å²) in [7, 11) is 1.76. The van der Waals surface area contributed by atoms with Crippen LogP contribution in [0.3, 0.4) is 0 Å². The van der Waals surface area contributed by atoms with Crippen LogP contribution in [0.4, 0.5) is 5.82 Å². The second kappa shape index (κ2) is 6.71. The number of likely N-dealkylation sites (tertiary alicyclic amines) is 1. The van der Waals surface area contributed by atoms with Crippen LogP contribution >= 0.6 is 0 Å². The summed E-state index contributed by atoms with van der Waals surface area (Å²) < 4.78 is 5.11. The summed E-state index contributed by atoms with van der Waals surface area (Å²) in [5.41, 5.74) is 1.06. The lowest BCUT2D eigenvalue weighted by Gasteiger charge is -2.15. The lowest BCUT2D eigenvalue weighted by molar-refractivity contribution is 0.159. The summed E-state index contributed by atoms with van der Waals surface area (Å²) in [6, 6.07) is 6.10. The molecular weight excluding hydrogens is 226 g/mol. The van der Waals surface area contributed by atoms with Crippen molar-refractivity contribution < 1.29 is 4.74 Å². The average molecular weight is 249 g/mol. The number of nitrogens with zero attached hydrogens (tertiary/aromatic N) is 2. The first kappa shape index (κ1) is 13.3. The number of hydrogen-bond acceptors (Lipinski definition) is 4. The van der Waals surface area contributed by atoms with Crippen LogP contribution in [0.15, 0.2) is 18.2 Å². The van der Waals surface area contributed by atoms with E-state index in [1.807, 2.05) is 25.1 Å². The molecule has 100 valence electrons. The van der Waals surface area contributed by atoms with Crippen LogP contribution in [-0.4, -0.2) is 49.8 Å². The van der Waals surface area contributed by atoms with Crippen LogP contribution < -0.4 is 5.32 Å². The van der Waals surface area contributed by atoms with Gasteiger partial charge in [-0.15, -0.1) is 0 Å². The molecule has 0 spiro atoms. The Labute approximate surface area is 109 Å². The molecule has 1 atom stereocenters. The van der Waals surface area contributed by atoms with Gasteiger partial charge in [0.15, 0.2) is 0 Å². The fourth-order valence-corrected chi connectivity index (χ4v) is 2.39. The predicted molar refractivity (Wildman–Crippen MR) is 73.9 cm³/mol. The van der Waals surface area contributed by atoms with Crippen LogP contribution in [0.5, 0.6) is 0 Å². The van der Waals surface area contributed by atoms with Crippen molar-refractivity contribution in [1.82, 2.24) is 9.88 Å². The van der Waals surface area contributed by atoms with E-state index in [-0.39, 0.29) is 0 Å². The van der Waals surface area contributed by atoms with Crippen LogP contribution in [0.25, 0.3) is 0 Å². The van der Waals surface area contributed by atoms with Crippen molar-refractivity contribution in [3.8, 4) is 0 Å². The highest BCUT2D eigenvalue weighted by molar-refractivity contribution is 5.35. The third-order valence-electron chi connectivity index (χ3n) is 3.44. The van der Waals surface area contributed by atoms with Crippen LogP contribution in [0.2, 0.25) is 0 Å². The van der Waals surface area contributed by atoms with Gasteiger partial charge >= 0.3 is 0 Å². The largest absolute Gasteiger partial charge is 0.383 e. The highest BCUT2D eigenvalue weighted by Gasteiger charge is 2.21. The number of ether oxygens (including phenoxy) is 1. The smallest absolute Gasteiger partial charge is 0.126 e. The Morgan fingerprint density at radius 3 is 3.17 bits per heavy atom. The zero-order chi connectivity index (χ0) is 12.8. The van der Waals surface area contributed by atoms with E-state index in [1.165, 1.54) is 19.5 Å². The highest BCUT2D eigenvalue weighted by Crippen LogP contribution is 2.16. The summed E-state index contributed by atoms with van der Waals surface area (Å²) >= 11 is 0. The summed E-state index contributed by atoms with van der Waals surface area (Å²) in [6.07, 6.45) is 1.27. The summed E-state index contributed by atoms with van der Waals surface area (Å²) in [5.74, 6) is 1.72. The van der Waals surface area contributed by atoms with Gasteiger partial charge in [0.05, 0.1) is 6.61 Å². The van der Waals surface area contributed by atoms with Crippen molar-refractivity contribution in [3.63, 3.8) is 0 Å². The molecule has 0 saturated carbocycles. The van der Waals surface area contributed by atoms with Gasteiger partial charge in [0.1, 0.15) is 5.82 Å². The normalized spacial score (nSPS) is 20.2. The molecule has 0 radical (unpaired) electrons. The van der Waals surface area contributed by atoms with Gasteiger partial charge in [0, 0.05) is 32.4 Å². The Balaban J connectivity index is 1.72. The molecule has 1 fully saturated rings. The van der Waals surface area contributed by atoms with Gasteiger partial charge in [-0.1, -0.05) is 6.07 Å². The number of aromatic nitrogens is 1. The maximum atomic E-state index is 5.11. The molecule has 1 N–H and O–H groups in total. The molecule has 2 rings (SSSR count). The number of nitrogens with one attached hydrogen (secondary N) is 1. The van der Waals surface area contributed by atoms with Crippen LogP contribution in [0, 0.1) is 12.8 Å². The molecule has 0 aliphatic carbocycles. The van der Waals surface area contributed by atoms with Crippen LogP contribution in [-0.2, 0) is 4.74 Å². The minimum atomic E-state index is 0.726. The Morgan fingerprint density at radius 1 is 1.50 bits per heavy atom. The first-order valence-corrected chi connectivity index (χ1v) is 6.67. The number of aryl methyl sites for hydroxylation is 1. The molecule has 0 bridgehead atoms. The zero-order valence-corrected chi connectivity index (χ0v) is 11.4. The Bertz CT molecular complexity index is 370. The third kappa shape index (κ3) is 3.96. The van der Waals surface area contributed by atoms with Gasteiger partial charge < -0.3 is 15.0 Å². The zero-order valence-electron chi connectivity index (χ0n) is 11.4. The standard InChI is InChI=1S/C14H23N3O/c1-12-4-3-5-14(16-12)15-10-13-6-7-17(11-13)8-9-18-2/h3-5,13H,6-11H2,1-2H3,(H,15,16). The summed E-state index contributed by atoms with van der Waals surface area (Å²) in [6.45, 7) is 7.28. The van der Waals surface area contributed by atoms with Gasteiger partial charge in [-0.3, -0.25) is 0 Å². The van der Waals surface area contributed by atoms with E-state index < -0.39 is 0 Å². The van der Waals surface area contributed by atoms with Gasteiger partial charge in [-0.05, 0) is 37.9 Å². The van der Waals surface area contributed by atoms with Crippen molar-refractivity contribution in [2.75, 3.05) is 45.2 Å². The van der Waals surface area contributed by atoms with Crippen molar-refractivity contribution in [2.45, 2.75) is 13.3 Å². The molecule has 1 aromatic rings. The molecule has 1 aliphatic heterocycles. The summed E-state index contributed by atoms with van der Waals surface area (Å²) in [5, 5.41) is 3.44. The quantitative estimate of drug-likeness (QED) is 0.834. The SMILES string of the molecule is COCCN1CCC(CNc2cccc(C)n2)C1. The minimum Gasteiger partial charge on any atom is -0.383 e. The molecule has 2 heterocycles. The van der Waals surface area contributed by atoms with E-state index in [4.69, 9.17) is 4.74 Å². The maximum absolute atomic E-state index is 5.11. The monoisotopic (exact) mass is 249 g/mol. The van der Waals surface area contributed by atoms with Gasteiger partial charge in [-0.25, -0.2) is 4.98 Å². The van der Waals surface area contributed by atoms with E-state index in [9.17, 15) is 0 Å². The fraction of sp³-hybridized carbons (Fsp3) is 0.643. The Kier molecular flexibility index (Phi) is 4.96. The molecule has 4 nitrogen and oxygen atoms in total. The first-order chi connectivity index (χ1) is 8.78. The van der Waals surface area contributed by atoms with E-state index >= 15 is 0 Å². The van der Waals surface area contributed by atoms with E-state index in [1.54, 1.807) is 7.11 Å². The molecule has 1 aromatic heterocycles. The van der Waals surface area contributed by atoms with Crippen molar-refractivity contribution >= 4 is 5.82 Å². The molecule has 0 amide bonds. The molecule has 4 heteroatoms. The second-order valence-corrected chi connectivity index (χ2v) is 4.99. The van der Waals surface area contributed by atoms with Crippen LogP contribution in [0.1, 0.15) is 12.1 Å². The number of pyridine rings is 1. The molecule has 1 unspecified atom stereocenters. The second-order valence-electron chi connectivity index (χ2n) is 4.99. The molecule has 1 aliphatic rings. The lowest BCUT2D eigenvalue weighted by atomic mass is 10.1. The lowest BCUT2D eigenvalue weighted by Crippen LogP contribution is -2.26. The van der Waals surface area contributed by atoms with E-state index in [0.29, 0.717) is 0 Å². The predicted octanol–water partition coefficient (Wildman–Crippen LogP) is 1.77. The van der Waals surface area contributed by atoms with E-state index in [0.717, 1.165) is 37.1 Å². The topological polar surface area (TPSA) is 37.4 Å². The number of hydrogen-bond donors (Lipinski definition) is 1. The fourth-order valence-electron chi connectivity index (χ4n) is 2.39. The van der Waals surface area contributed by atoms with Gasteiger partial charge in [0.25, 0.3) is 0 Å². The molecule has 18 heavy (non-hydrogen) atoms. The number of rotatable bonds is 6. The highest BCUT2D eigenvalue weighted by atomic mass is 16.5. The minimum absolute atomic E-state index is 0.726. The first-order valence-electron chi connectivity index (χ1n) is 6.67. The molecule has 0 aromatic carbocycles. The van der Waals surface area contributed by atoms with Gasteiger partial charge in [0.2, 0.25) is 0 Å². The maximum Gasteiger partial charge on any atom is 0.126 e. The molecular formula is C14H23N3O. The number of methoxy groups -OCH3 is 1. The van der Waals surface area contributed by atoms with Crippen molar-refractivity contribution in [3.05, 3.63) is 23.9 Å². The average Bonchev–Trinajstić information content (AvgIpc) is 2.82.